The van der Waals surface area contributed by atoms with E-state index in [0.717, 1.165) is 16.9 Å². The number of ether oxygens (including phenoxy) is 1. The first-order valence-corrected chi connectivity index (χ1v) is 7.94. The third kappa shape index (κ3) is 3.74. The average Bonchev–Trinajstić information content (AvgIpc) is 2.82. The lowest BCUT2D eigenvalue weighted by Gasteiger charge is -2.19. The van der Waals surface area contributed by atoms with Gasteiger partial charge in [-0.25, -0.2) is 4.79 Å². The molecule has 0 atom stereocenters. The Morgan fingerprint density at radius 1 is 1.08 bits per heavy atom. The topological polar surface area (TPSA) is 66.8 Å². The summed E-state index contributed by atoms with van der Waals surface area (Å²) in [5.41, 5.74) is 2.24. The van der Waals surface area contributed by atoms with Crippen molar-refractivity contribution in [3.8, 4) is 5.75 Å². The normalized spacial score (nSPS) is 13.6. The van der Waals surface area contributed by atoms with Gasteiger partial charge in [0.15, 0.2) is 0 Å². The van der Waals surface area contributed by atoms with Crippen molar-refractivity contribution in [2.24, 2.45) is 0 Å². The molecule has 1 N–H and O–H groups in total. The van der Waals surface area contributed by atoms with Crippen LogP contribution in [-0.4, -0.2) is 35.0 Å². The fourth-order valence-corrected chi connectivity index (χ4v) is 2.76. The Morgan fingerprint density at radius 3 is 2.58 bits per heavy atom. The standard InChI is InChI=1S/C19H19NO4/c21-18(10-7-14-5-8-15(9-6-14)19(22)23)20-11-12-24-17-4-2-1-3-16(17)13-20/h1-6,8-9H,7,10-13H2,(H,22,23). The van der Waals surface area contributed by atoms with Crippen LogP contribution in [0.25, 0.3) is 0 Å². The number of nitrogens with zero attached hydrogens (tertiary/aromatic N) is 1. The summed E-state index contributed by atoms with van der Waals surface area (Å²) in [6, 6.07) is 14.4. The molecule has 5 heteroatoms. The number of fused-ring (bicyclic) bond motifs is 1. The zero-order chi connectivity index (χ0) is 16.9. The van der Waals surface area contributed by atoms with Gasteiger partial charge in [-0.2, -0.15) is 0 Å². The van der Waals surface area contributed by atoms with Crippen LogP contribution < -0.4 is 4.74 Å². The molecule has 0 saturated carbocycles. The van der Waals surface area contributed by atoms with E-state index in [1.807, 2.05) is 29.2 Å². The number of hydrogen-bond donors (Lipinski definition) is 1. The summed E-state index contributed by atoms with van der Waals surface area (Å²) in [4.78, 5) is 25.1. The van der Waals surface area contributed by atoms with Crippen LogP contribution in [0.2, 0.25) is 0 Å². The zero-order valence-electron chi connectivity index (χ0n) is 13.3. The van der Waals surface area contributed by atoms with E-state index in [4.69, 9.17) is 9.84 Å². The Bertz CT molecular complexity index is 739. The Kier molecular flexibility index (Phi) is 4.79. The van der Waals surface area contributed by atoms with Crippen molar-refractivity contribution < 1.29 is 19.4 Å². The minimum absolute atomic E-state index is 0.0811. The largest absolute Gasteiger partial charge is 0.491 e. The molecule has 0 saturated heterocycles. The van der Waals surface area contributed by atoms with Crippen LogP contribution >= 0.6 is 0 Å². The molecule has 1 amide bonds. The lowest BCUT2D eigenvalue weighted by Crippen LogP contribution is -2.32. The smallest absolute Gasteiger partial charge is 0.335 e. The average molecular weight is 325 g/mol. The van der Waals surface area contributed by atoms with Crippen LogP contribution in [0.5, 0.6) is 5.75 Å². The Labute approximate surface area is 140 Å². The number of benzene rings is 2. The maximum atomic E-state index is 12.5. The van der Waals surface area contributed by atoms with Gasteiger partial charge in [-0.1, -0.05) is 30.3 Å². The van der Waals surface area contributed by atoms with Crippen LogP contribution in [0.3, 0.4) is 0 Å². The van der Waals surface area contributed by atoms with E-state index in [1.54, 1.807) is 24.3 Å². The van der Waals surface area contributed by atoms with Crippen molar-refractivity contribution in [3.63, 3.8) is 0 Å². The quantitative estimate of drug-likeness (QED) is 0.938. The van der Waals surface area contributed by atoms with Crippen molar-refractivity contribution in [2.45, 2.75) is 19.4 Å². The highest BCUT2D eigenvalue weighted by Gasteiger charge is 2.19. The first-order valence-electron chi connectivity index (χ1n) is 7.94. The molecule has 0 radical (unpaired) electrons. The molecular weight excluding hydrogens is 306 g/mol. The zero-order valence-corrected chi connectivity index (χ0v) is 13.3. The monoisotopic (exact) mass is 325 g/mol. The number of para-hydroxylation sites is 1. The van der Waals surface area contributed by atoms with Crippen LogP contribution in [0.4, 0.5) is 0 Å². The van der Waals surface area contributed by atoms with Crippen molar-refractivity contribution in [2.75, 3.05) is 13.2 Å². The van der Waals surface area contributed by atoms with Gasteiger partial charge in [-0.05, 0) is 30.2 Å². The van der Waals surface area contributed by atoms with E-state index < -0.39 is 5.97 Å². The first kappa shape index (κ1) is 16.1. The second-order valence-corrected chi connectivity index (χ2v) is 5.77. The van der Waals surface area contributed by atoms with Gasteiger partial charge in [0.25, 0.3) is 0 Å². The van der Waals surface area contributed by atoms with Crippen LogP contribution in [-0.2, 0) is 17.8 Å². The summed E-state index contributed by atoms with van der Waals surface area (Å²) < 4.78 is 5.68. The second-order valence-electron chi connectivity index (χ2n) is 5.77. The Balaban J connectivity index is 1.60. The highest BCUT2D eigenvalue weighted by molar-refractivity contribution is 5.87. The van der Waals surface area contributed by atoms with Gasteiger partial charge in [-0.3, -0.25) is 4.79 Å². The van der Waals surface area contributed by atoms with Gasteiger partial charge in [0.05, 0.1) is 12.1 Å². The fourth-order valence-electron chi connectivity index (χ4n) is 2.76. The molecule has 0 aliphatic carbocycles. The maximum Gasteiger partial charge on any atom is 0.335 e. The lowest BCUT2D eigenvalue weighted by atomic mass is 10.1. The predicted octanol–water partition coefficient (Wildman–Crippen LogP) is 2.74. The number of aromatic carboxylic acids is 1. The van der Waals surface area contributed by atoms with Gasteiger partial charge >= 0.3 is 5.97 Å². The Hall–Kier alpha value is -2.82. The molecule has 1 heterocycles. The number of carbonyl (C=O) groups excluding carboxylic acids is 1. The number of aryl methyl sites for hydroxylation is 1. The molecule has 0 spiro atoms. The highest BCUT2D eigenvalue weighted by Crippen LogP contribution is 2.23. The minimum Gasteiger partial charge on any atom is -0.491 e. The van der Waals surface area contributed by atoms with Gasteiger partial charge < -0.3 is 14.7 Å². The van der Waals surface area contributed by atoms with Gasteiger partial charge in [0.1, 0.15) is 12.4 Å². The fraction of sp³-hybridized carbons (Fsp3) is 0.263. The van der Waals surface area contributed by atoms with E-state index >= 15 is 0 Å². The number of rotatable bonds is 4. The van der Waals surface area contributed by atoms with Gasteiger partial charge in [0.2, 0.25) is 5.91 Å². The maximum absolute atomic E-state index is 12.5. The predicted molar refractivity (Wildman–Crippen MR) is 89.1 cm³/mol. The van der Waals surface area contributed by atoms with Crippen molar-refractivity contribution in [3.05, 3.63) is 65.2 Å². The number of amides is 1. The third-order valence-electron chi connectivity index (χ3n) is 4.13. The molecule has 124 valence electrons. The van der Waals surface area contributed by atoms with Gasteiger partial charge in [0, 0.05) is 18.5 Å². The minimum atomic E-state index is -0.944. The van der Waals surface area contributed by atoms with E-state index in [0.29, 0.717) is 32.5 Å². The summed E-state index contributed by atoms with van der Waals surface area (Å²) in [5, 5.41) is 8.90. The number of carboxylic acid groups (broad SMARTS) is 1. The molecule has 0 unspecified atom stereocenters. The SMILES string of the molecule is O=C(O)c1ccc(CCC(=O)N2CCOc3ccccc3C2)cc1. The molecule has 2 aromatic rings. The summed E-state index contributed by atoms with van der Waals surface area (Å²) in [7, 11) is 0. The Morgan fingerprint density at radius 2 is 1.83 bits per heavy atom. The molecule has 24 heavy (non-hydrogen) atoms. The molecule has 3 rings (SSSR count). The van der Waals surface area contributed by atoms with E-state index in [-0.39, 0.29) is 11.5 Å². The van der Waals surface area contributed by atoms with Gasteiger partial charge in [-0.15, -0.1) is 0 Å². The second kappa shape index (κ2) is 7.17. The molecule has 1 aliphatic rings. The molecule has 0 bridgehead atoms. The lowest BCUT2D eigenvalue weighted by molar-refractivity contribution is -0.131. The molecule has 5 nitrogen and oxygen atoms in total. The van der Waals surface area contributed by atoms with E-state index in [9.17, 15) is 9.59 Å². The van der Waals surface area contributed by atoms with E-state index in [1.165, 1.54) is 0 Å². The highest BCUT2D eigenvalue weighted by atomic mass is 16.5. The summed E-state index contributed by atoms with van der Waals surface area (Å²) in [5.74, 6) is -0.0180. The van der Waals surface area contributed by atoms with Crippen molar-refractivity contribution in [1.82, 2.24) is 4.90 Å². The molecular formula is C19H19NO4. The third-order valence-corrected chi connectivity index (χ3v) is 4.13. The van der Waals surface area contributed by atoms with Crippen LogP contribution in [0, 0.1) is 0 Å². The molecule has 0 fully saturated rings. The number of carbonyl (C=O) groups is 2. The van der Waals surface area contributed by atoms with Crippen LogP contribution in [0.15, 0.2) is 48.5 Å². The summed E-state index contributed by atoms with van der Waals surface area (Å²) >= 11 is 0. The summed E-state index contributed by atoms with van der Waals surface area (Å²) in [6.07, 6.45) is 0.992. The van der Waals surface area contributed by atoms with Crippen molar-refractivity contribution >= 4 is 11.9 Å². The number of hydrogen-bond acceptors (Lipinski definition) is 3. The molecule has 0 aromatic heterocycles. The molecule has 2 aromatic carbocycles. The van der Waals surface area contributed by atoms with E-state index in [2.05, 4.69) is 0 Å². The first-order chi connectivity index (χ1) is 11.6. The number of carboxylic acids is 1. The molecule has 1 aliphatic heterocycles. The van der Waals surface area contributed by atoms with Crippen molar-refractivity contribution in [1.29, 1.82) is 0 Å². The summed E-state index contributed by atoms with van der Waals surface area (Å²) in [6.45, 7) is 1.63. The van der Waals surface area contributed by atoms with Crippen LogP contribution in [0.1, 0.15) is 27.9 Å².